The van der Waals surface area contributed by atoms with Crippen LogP contribution in [-0.2, 0) is 4.79 Å². The standard InChI is InChI=1S/C44H83NO4/c1-3-5-7-9-11-13-15-17-19-20-21-22-24-25-27-29-31-33-35-37-41(47)39-44(49)45-42(40-46)43(48)38-36-34-32-30-28-26-23-18-16-14-12-10-8-6-4-2/h22,24,28,30,36,38,41-43,46-48H,3-21,23,25-27,29,31-35,37,39-40H2,1-2H3,(H,45,49)/b24-22-,30-28+,38-36+. The van der Waals surface area contributed by atoms with E-state index in [4.69, 9.17) is 0 Å². The van der Waals surface area contributed by atoms with Crippen molar-refractivity contribution in [2.45, 2.75) is 231 Å². The summed E-state index contributed by atoms with van der Waals surface area (Å²) in [5.74, 6) is -0.331. The summed E-state index contributed by atoms with van der Waals surface area (Å²) in [5.41, 5.74) is 0. The molecule has 0 rings (SSSR count). The molecule has 0 aliphatic rings. The van der Waals surface area contributed by atoms with E-state index in [-0.39, 0.29) is 18.9 Å². The smallest absolute Gasteiger partial charge is 0.222 e. The van der Waals surface area contributed by atoms with Crippen molar-refractivity contribution in [3.8, 4) is 0 Å². The highest BCUT2D eigenvalue weighted by Gasteiger charge is 2.20. The lowest BCUT2D eigenvalue weighted by atomic mass is 10.0. The number of carbonyl (C=O) groups excluding carboxylic acids is 1. The number of unbranched alkanes of at least 4 members (excludes halogenated alkanes) is 25. The third-order valence-electron chi connectivity index (χ3n) is 9.65. The SMILES string of the molecule is CCCCCCCCCCC/C=C/CC/C=C/C(O)C(CO)NC(=O)CC(O)CCCCCCC/C=C\CCCCCCCCCCCC. The number of hydrogen-bond donors (Lipinski definition) is 4. The van der Waals surface area contributed by atoms with Crippen molar-refractivity contribution >= 4 is 5.91 Å². The molecule has 0 fully saturated rings. The Bertz CT molecular complexity index is 764. The molecule has 5 nitrogen and oxygen atoms in total. The predicted octanol–water partition coefficient (Wildman–Crippen LogP) is 12.0. The fourth-order valence-electron chi connectivity index (χ4n) is 6.35. The molecule has 288 valence electrons. The predicted molar refractivity (Wildman–Crippen MR) is 213 cm³/mol. The summed E-state index contributed by atoms with van der Waals surface area (Å²) in [7, 11) is 0. The Morgan fingerprint density at radius 1 is 0.510 bits per heavy atom. The van der Waals surface area contributed by atoms with E-state index in [1.54, 1.807) is 6.08 Å². The van der Waals surface area contributed by atoms with Crippen molar-refractivity contribution in [2.24, 2.45) is 0 Å². The van der Waals surface area contributed by atoms with E-state index >= 15 is 0 Å². The van der Waals surface area contributed by atoms with E-state index in [2.05, 4.69) is 43.5 Å². The van der Waals surface area contributed by atoms with Crippen LogP contribution in [0.2, 0.25) is 0 Å². The van der Waals surface area contributed by atoms with Crippen molar-refractivity contribution in [3.63, 3.8) is 0 Å². The minimum Gasteiger partial charge on any atom is -0.394 e. The second-order valence-electron chi connectivity index (χ2n) is 14.6. The van der Waals surface area contributed by atoms with Crippen LogP contribution in [0.1, 0.15) is 213 Å². The molecule has 0 saturated heterocycles. The summed E-state index contributed by atoms with van der Waals surface area (Å²) >= 11 is 0. The van der Waals surface area contributed by atoms with Gasteiger partial charge in [-0.15, -0.1) is 0 Å². The van der Waals surface area contributed by atoms with E-state index < -0.39 is 18.2 Å². The molecule has 0 aromatic carbocycles. The number of aliphatic hydroxyl groups excluding tert-OH is 3. The molecule has 49 heavy (non-hydrogen) atoms. The number of carbonyl (C=O) groups is 1. The van der Waals surface area contributed by atoms with Crippen LogP contribution in [0.5, 0.6) is 0 Å². The molecule has 4 N–H and O–H groups in total. The molecule has 0 spiro atoms. The van der Waals surface area contributed by atoms with Gasteiger partial charge in [0.2, 0.25) is 5.91 Å². The first-order valence-electron chi connectivity index (χ1n) is 21.3. The van der Waals surface area contributed by atoms with Crippen molar-refractivity contribution in [1.82, 2.24) is 5.32 Å². The molecule has 0 saturated carbocycles. The van der Waals surface area contributed by atoms with Crippen molar-refractivity contribution in [2.75, 3.05) is 6.61 Å². The highest BCUT2D eigenvalue weighted by atomic mass is 16.3. The number of aliphatic hydroxyl groups is 3. The van der Waals surface area contributed by atoms with Gasteiger partial charge in [0, 0.05) is 0 Å². The number of nitrogens with one attached hydrogen (secondary N) is 1. The highest BCUT2D eigenvalue weighted by molar-refractivity contribution is 5.76. The van der Waals surface area contributed by atoms with Crippen LogP contribution in [0, 0.1) is 0 Å². The first kappa shape index (κ1) is 47.6. The molecule has 1 amide bonds. The molecule has 0 bridgehead atoms. The molecule has 0 aromatic heterocycles. The van der Waals surface area contributed by atoms with Crippen LogP contribution in [0.25, 0.3) is 0 Å². The summed E-state index contributed by atoms with van der Waals surface area (Å²) in [4.78, 5) is 12.4. The largest absolute Gasteiger partial charge is 0.394 e. The molecule has 0 aromatic rings. The third kappa shape index (κ3) is 36.2. The molecule has 5 heteroatoms. The van der Waals surface area contributed by atoms with Gasteiger partial charge in [-0.3, -0.25) is 4.79 Å². The van der Waals surface area contributed by atoms with E-state index in [1.807, 2.05) is 6.08 Å². The number of hydrogen-bond acceptors (Lipinski definition) is 4. The van der Waals surface area contributed by atoms with Crippen LogP contribution < -0.4 is 5.32 Å². The molecule has 0 radical (unpaired) electrons. The maximum Gasteiger partial charge on any atom is 0.222 e. The monoisotopic (exact) mass is 690 g/mol. The summed E-state index contributed by atoms with van der Waals surface area (Å²) in [5, 5.41) is 33.1. The molecule has 3 unspecified atom stereocenters. The van der Waals surface area contributed by atoms with Gasteiger partial charge in [0.05, 0.1) is 31.3 Å². The van der Waals surface area contributed by atoms with Gasteiger partial charge in [-0.2, -0.15) is 0 Å². The number of rotatable bonds is 38. The summed E-state index contributed by atoms with van der Waals surface area (Å²) in [6.45, 7) is 4.19. The Kier molecular flexibility index (Phi) is 38.2. The third-order valence-corrected chi connectivity index (χ3v) is 9.65. The zero-order valence-electron chi connectivity index (χ0n) is 32.6. The number of allylic oxidation sites excluding steroid dienone is 5. The van der Waals surface area contributed by atoms with E-state index in [0.29, 0.717) is 6.42 Å². The minimum absolute atomic E-state index is 0.000525. The Morgan fingerprint density at radius 2 is 0.878 bits per heavy atom. The van der Waals surface area contributed by atoms with Crippen molar-refractivity contribution in [3.05, 3.63) is 36.5 Å². The zero-order chi connectivity index (χ0) is 35.9. The lowest BCUT2D eigenvalue weighted by Gasteiger charge is -2.20. The van der Waals surface area contributed by atoms with Crippen molar-refractivity contribution in [1.29, 1.82) is 0 Å². The molecule has 0 aliphatic carbocycles. The summed E-state index contributed by atoms with van der Waals surface area (Å²) in [6.07, 6.45) is 48.5. The van der Waals surface area contributed by atoms with Gasteiger partial charge in [0.25, 0.3) is 0 Å². The van der Waals surface area contributed by atoms with Gasteiger partial charge in [-0.1, -0.05) is 185 Å². The van der Waals surface area contributed by atoms with Gasteiger partial charge in [0.15, 0.2) is 0 Å². The van der Waals surface area contributed by atoms with Crippen LogP contribution >= 0.6 is 0 Å². The zero-order valence-corrected chi connectivity index (χ0v) is 32.6. The van der Waals surface area contributed by atoms with E-state index in [0.717, 1.165) is 44.9 Å². The fourth-order valence-corrected chi connectivity index (χ4v) is 6.35. The second-order valence-corrected chi connectivity index (χ2v) is 14.6. The van der Waals surface area contributed by atoms with Crippen LogP contribution in [0.4, 0.5) is 0 Å². The van der Waals surface area contributed by atoms with Crippen LogP contribution in [0.3, 0.4) is 0 Å². The number of amides is 1. The normalized spacial score (nSPS) is 14.0. The van der Waals surface area contributed by atoms with Gasteiger partial charge in [-0.25, -0.2) is 0 Å². The maximum atomic E-state index is 12.4. The highest BCUT2D eigenvalue weighted by Crippen LogP contribution is 2.14. The minimum atomic E-state index is -0.952. The Morgan fingerprint density at radius 3 is 1.31 bits per heavy atom. The quantitative estimate of drug-likeness (QED) is 0.0384. The Hall–Kier alpha value is -1.43. The maximum absolute atomic E-state index is 12.4. The Labute approximate surface area is 304 Å². The fraction of sp³-hybridized carbons (Fsp3) is 0.841. The molecular weight excluding hydrogens is 606 g/mol. The second kappa shape index (κ2) is 39.4. The topological polar surface area (TPSA) is 89.8 Å². The van der Waals surface area contributed by atoms with Gasteiger partial charge in [0.1, 0.15) is 0 Å². The Balaban J connectivity index is 3.73. The lowest BCUT2D eigenvalue weighted by molar-refractivity contribution is -0.124. The van der Waals surface area contributed by atoms with Gasteiger partial charge >= 0.3 is 0 Å². The van der Waals surface area contributed by atoms with E-state index in [9.17, 15) is 20.1 Å². The first-order chi connectivity index (χ1) is 24.0. The summed E-state index contributed by atoms with van der Waals surface area (Å²) < 4.78 is 0. The van der Waals surface area contributed by atoms with Crippen LogP contribution in [-0.4, -0.2) is 46.1 Å². The average molecular weight is 690 g/mol. The molecule has 0 heterocycles. The van der Waals surface area contributed by atoms with Gasteiger partial charge in [-0.05, 0) is 57.8 Å². The molecular formula is C44H83NO4. The summed E-state index contributed by atoms with van der Waals surface area (Å²) in [6, 6.07) is -0.762. The van der Waals surface area contributed by atoms with Gasteiger partial charge < -0.3 is 20.6 Å². The molecule has 0 aliphatic heterocycles. The average Bonchev–Trinajstić information content (AvgIpc) is 3.09. The van der Waals surface area contributed by atoms with Crippen molar-refractivity contribution < 1.29 is 20.1 Å². The molecule has 3 atom stereocenters. The first-order valence-corrected chi connectivity index (χ1v) is 21.3. The van der Waals surface area contributed by atoms with Crippen LogP contribution in [0.15, 0.2) is 36.5 Å². The van der Waals surface area contributed by atoms with E-state index in [1.165, 1.54) is 141 Å². The lowest BCUT2D eigenvalue weighted by Crippen LogP contribution is -2.45.